The van der Waals surface area contributed by atoms with Crippen molar-refractivity contribution in [3.63, 3.8) is 0 Å². The normalized spacial score (nSPS) is 15.5. The van der Waals surface area contributed by atoms with Gasteiger partial charge in [0.05, 0.1) is 0 Å². The number of carbonyl (C=O) groups is 1. The molecule has 2 aromatic rings. The van der Waals surface area contributed by atoms with Crippen LogP contribution < -0.4 is 0 Å². The summed E-state index contributed by atoms with van der Waals surface area (Å²) in [4.78, 5) is 22.1. The standard InChI is InChI=1S/C23H31O4P/c1-2-3-16-22(28(26,27)18-19-11-6-4-7-12-19)21(15-10-17-23(24)25)20-13-8-5-9-14-20/h4-9,11-14,21-22H,2-3,10,15-18H2,1H3,(H,24,25)(H,26,27). The van der Waals surface area contributed by atoms with Gasteiger partial charge in [0.2, 0.25) is 7.37 Å². The molecule has 0 aliphatic carbocycles. The second-order valence-electron chi connectivity index (χ2n) is 7.41. The fraction of sp³-hybridized carbons (Fsp3) is 0.435. The molecular weight excluding hydrogens is 371 g/mol. The fourth-order valence-corrected chi connectivity index (χ4v) is 6.25. The molecule has 0 saturated heterocycles. The van der Waals surface area contributed by atoms with E-state index < -0.39 is 13.3 Å². The second kappa shape index (κ2) is 11.2. The van der Waals surface area contributed by atoms with E-state index in [0.717, 1.165) is 24.0 Å². The van der Waals surface area contributed by atoms with Crippen LogP contribution in [0.25, 0.3) is 0 Å². The van der Waals surface area contributed by atoms with Crippen molar-refractivity contribution < 1.29 is 19.4 Å². The number of benzene rings is 2. The smallest absolute Gasteiger partial charge is 0.303 e. The Hall–Kier alpha value is -1.90. The molecule has 0 aliphatic rings. The maximum absolute atomic E-state index is 13.5. The molecule has 2 rings (SSSR count). The quantitative estimate of drug-likeness (QED) is 0.424. The summed E-state index contributed by atoms with van der Waals surface area (Å²) in [6, 6.07) is 19.3. The molecule has 0 heterocycles. The van der Waals surface area contributed by atoms with Crippen LogP contribution in [0.4, 0.5) is 0 Å². The van der Waals surface area contributed by atoms with Crippen molar-refractivity contribution in [3.05, 3.63) is 71.8 Å². The molecule has 28 heavy (non-hydrogen) atoms. The first-order valence-corrected chi connectivity index (χ1v) is 12.0. The van der Waals surface area contributed by atoms with Crippen LogP contribution >= 0.6 is 7.37 Å². The van der Waals surface area contributed by atoms with Gasteiger partial charge in [-0.15, -0.1) is 0 Å². The van der Waals surface area contributed by atoms with Crippen LogP contribution in [0.1, 0.15) is 62.5 Å². The molecule has 3 atom stereocenters. The molecule has 0 bridgehead atoms. The molecule has 0 radical (unpaired) electrons. The Labute approximate surface area is 168 Å². The molecule has 0 spiro atoms. The summed E-state index contributed by atoms with van der Waals surface area (Å²) in [5.41, 5.74) is 1.52. The Kier molecular flexibility index (Phi) is 8.95. The number of hydrogen-bond donors (Lipinski definition) is 2. The summed E-state index contributed by atoms with van der Waals surface area (Å²) < 4.78 is 13.5. The van der Waals surface area contributed by atoms with Crippen molar-refractivity contribution in [2.45, 2.75) is 63.2 Å². The lowest BCUT2D eigenvalue weighted by Gasteiger charge is -2.31. The summed E-state index contributed by atoms with van der Waals surface area (Å²) >= 11 is 0. The van der Waals surface area contributed by atoms with Crippen molar-refractivity contribution in [2.75, 3.05) is 0 Å². The summed E-state index contributed by atoms with van der Waals surface area (Å²) in [5, 5.41) is 9.03. The molecular formula is C23H31O4P. The van der Waals surface area contributed by atoms with E-state index in [9.17, 15) is 14.3 Å². The minimum absolute atomic E-state index is 0.0816. The topological polar surface area (TPSA) is 74.6 Å². The van der Waals surface area contributed by atoms with E-state index in [1.165, 1.54) is 0 Å². The predicted molar refractivity (Wildman–Crippen MR) is 114 cm³/mol. The number of carboxylic acid groups (broad SMARTS) is 1. The summed E-state index contributed by atoms with van der Waals surface area (Å²) in [6.07, 6.45) is 3.85. The monoisotopic (exact) mass is 402 g/mol. The lowest BCUT2D eigenvalue weighted by Crippen LogP contribution is -2.21. The van der Waals surface area contributed by atoms with Gasteiger partial charge in [-0.1, -0.05) is 80.4 Å². The lowest BCUT2D eigenvalue weighted by molar-refractivity contribution is -0.137. The van der Waals surface area contributed by atoms with Crippen molar-refractivity contribution in [1.29, 1.82) is 0 Å². The van der Waals surface area contributed by atoms with Crippen LogP contribution in [0.3, 0.4) is 0 Å². The van der Waals surface area contributed by atoms with Crippen LogP contribution in [0.2, 0.25) is 0 Å². The van der Waals surface area contributed by atoms with Crippen LogP contribution in [0.15, 0.2) is 60.7 Å². The zero-order chi connectivity index (χ0) is 20.4. The third kappa shape index (κ3) is 6.92. The van der Waals surface area contributed by atoms with Crippen molar-refractivity contribution >= 4 is 13.3 Å². The van der Waals surface area contributed by atoms with Crippen LogP contribution in [-0.2, 0) is 15.5 Å². The number of unbranched alkanes of at least 4 members (excludes halogenated alkanes) is 1. The van der Waals surface area contributed by atoms with Crippen LogP contribution in [0, 0.1) is 0 Å². The predicted octanol–water partition coefficient (Wildman–Crippen LogP) is 6.05. The number of carboxylic acids is 1. The van der Waals surface area contributed by atoms with E-state index in [2.05, 4.69) is 6.92 Å². The first-order chi connectivity index (χ1) is 13.4. The molecule has 3 unspecified atom stereocenters. The SMILES string of the molecule is CCCCC(C(CCCC(=O)O)c1ccccc1)P(=O)(O)Cc1ccccc1. The minimum Gasteiger partial charge on any atom is -0.481 e. The van der Waals surface area contributed by atoms with E-state index in [4.69, 9.17) is 5.11 Å². The van der Waals surface area contributed by atoms with E-state index in [1.54, 1.807) is 0 Å². The van der Waals surface area contributed by atoms with Gasteiger partial charge in [-0.3, -0.25) is 9.36 Å². The molecule has 2 N–H and O–H groups in total. The molecule has 4 nitrogen and oxygen atoms in total. The maximum Gasteiger partial charge on any atom is 0.303 e. The minimum atomic E-state index is -3.49. The zero-order valence-corrected chi connectivity index (χ0v) is 17.4. The van der Waals surface area contributed by atoms with Gasteiger partial charge in [-0.2, -0.15) is 0 Å². The Bertz CT molecular complexity index is 761. The fourth-order valence-electron chi connectivity index (χ4n) is 3.81. The molecule has 0 amide bonds. The Morgan fingerprint density at radius 2 is 1.57 bits per heavy atom. The lowest BCUT2D eigenvalue weighted by atomic mass is 9.88. The highest BCUT2D eigenvalue weighted by Crippen LogP contribution is 2.57. The highest BCUT2D eigenvalue weighted by atomic mass is 31.2. The number of hydrogen-bond acceptors (Lipinski definition) is 2. The van der Waals surface area contributed by atoms with Gasteiger partial charge in [0.25, 0.3) is 0 Å². The van der Waals surface area contributed by atoms with Crippen LogP contribution in [-0.4, -0.2) is 21.6 Å². The molecule has 0 saturated carbocycles. The molecule has 152 valence electrons. The molecule has 0 fully saturated rings. The van der Waals surface area contributed by atoms with E-state index in [0.29, 0.717) is 19.3 Å². The van der Waals surface area contributed by atoms with Crippen molar-refractivity contribution in [2.24, 2.45) is 0 Å². The highest BCUT2D eigenvalue weighted by molar-refractivity contribution is 7.58. The molecule has 0 aliphatic heterocycles. The van der Waals surface area contributed by atoms with E-state index >= 15 is 0 Å². The van der Waals surface area contributed by atoms with Gasteiger partial charge in [0, 0.05) is 18.2 Å². The summed E-state index contributed by atoms with van der Waals surface area (Å²) in [5.74, 6) is -0.944. The zero-order valence-electron chi connectivity index (χ0n) is 16.5. The largest absolute Gasteiger partial charge is 0.481 e. The van der Waals surface area contributed by atoms with Gasteiger partial charge >= 0.3 is 5.97 Å². The van der Waals surface area contributed by atoms with E-state index in [1.807, 2.05) is 60.7 Å². The Morgan fingerprint density at radius 3 is 2.14 bits per heavy atom. The highest BCUT2D eigenvalue weighted by Gasteiger charge is 2.37. The van der Waals surface area contributed by atoms with Gasteiger partial charge in [-0.25, -0.2) is 0 Å². The van der Waals surface area contributed by atoms with Crippen molar-refractivity contribution in [1.82, 2.24) is 0 Å². The average molecular weight is 402 g/mol. The number of rotatable bonds is 12. The second-order valence-corrected chi connectivity index (χ2v) is 9.90. The summed E-state index contributed by atoms with van der Waals surface area (Å²) in [7, 11) is -3.49. The third-order valence-electron chi connectivity index (χ3n) is 5.22. The molecule has 5 heteroatoms. The van der Waals surface area contributed by atoms with Gasteiger partial charge in [-0.05, 0) is 36.3 Å². The average Bonchev–Trinajstić information content (AvgIpc) is 2.67. The summed E-state index contributed by atoms with van der Waals surface area (Å²) in [6.45, 7) is 2.08. The van der Waals surface area contributed by atoms with Crippen LogP contribution in [0.5, 0.6) is 0 Å². The van der Waals surface area contributed by atoms with E-state index in [-0.39, 0.29) is 24.2 Å². The first kappa shape index (κ1) is 22.4. The third-order valence-corrected chi connectivity index (χ3v) is 7.69. The Balaban J connectivity index is 2.32. The van der Waals surface area contributed by atoms with Gasteiger partial charge in [0.15, 0.2) is 0 Å². The molecule has 0 aromatic heterocycles. The van der Waals surface area contributed by atoms with Crippen molar-refractivity contribution in [3.8, 4) is 0 Å². The van der Waals surface area contributed by atoms with Gasteiger partial charge < -0.3 is 10.00 Å². The maximum atomic E-state index is 13.5. The molecule has 2 aromatic carbocycles. The van der Waals surface area contributed by atoms with Gasteiger partial charge in [0.1, 0.15) is 0 Å². The first-order valence-electron chi connectivity index (χ1n) is 10.1. The number of aliphatic carboxylic acids is 1. The Morgan fingerprint density at radius 1 is 0.964 bits per heavy atom.